The van der Waals surface area contributed by atoms with Gasteiger partial charge in [-0.05, 0) is 19.1 Å². The lowest BCUT2D eigenvalue weighted by Gasteiger charge is -2.39. The van der Waals surface area contributed by atoms with Gasteiger partial charge >= 0.3 is 5.97 Å². The predicted molar refractivity (Wildman–Crippen MR) is 110 cm³/mol. The number of hydrogen-bond acceptors (Lipinski definition) is 4. The number of cyclic esters (lactones) is 1. The van der Waals surface area contributed by atoms with Crippen molar-refractivity contribution in [1.29, 1.82) is 0 Å². The molecule has 1 unspecified atom stereocenters. The average molecular weight is 388 g/mol. The highest BCUT2D eigenvalue weighted by atomic mass is 32.2. The molecule has 1 heterocycles. The molecule has 1 fully saturated rings. The number of rotatable bonds is 4. The number of hydrogen-bond donors (Lipinski definition) is 0. The average Bonchev–Trinajstić information content (AvgIpc) is 2.72. The summed E-state index contributed by atoms with van der Waals surface area (Å²) in [6.07, 6.45) is 0.121. The van der Waals surface area contributed by atoms with Gasteiger partial charge in [-0.15, -0.1) is 11.8 Å². The zero-order valence-corrected chi connectivity index (χ0v) is 16.3. The van der Waals surface area contributed by atoms with Crippen LogP contribution in [0.3, 0.4) is 0 Å². The van der Waals surface area contributed by atoms with Gasteiger partial charge in [0.1, 0.15) is 0 Å². The van der Waals surface area contributed by atoms with E-state index in [0.29, 0.717) is 0 Å². The maximum absolute atomic E-state index is 13.1. The fourth-order valence-electron chi connectivity index (χ4n) is 3.57. The fourth-order valence-corrected chi connectivity index (χ4v) is 4.62. The van der Waals surface area contributed by atoms with Crippen molar-refractivity contribution in [3.8, 4) is 0 Å². The Kier molecular flexibility index (Phi) is 5.05. The molecule has 0 saturated carbocycles. The van der Waals surface area contributed by atoms with Crippen LogP contribution in [0, 0.1) is 6.92 Å². The number of esters is 1. The van der Waals surface area contributed by atoms with Crippen LogP contribution in [0.15, 0.2) is 89.8 Å². The third kappa shape index (κ3) is 3.48. The monoisotopic (exact) mass is 388 g/mol. The molecule has 1 aliphatic rings. The zero-order chi connectivity index (χ0) is 19.6. The van der Waals surface area contributed by atoms with E-state index < -0.39 is 16.8 Å². The van der Waals surface area contributed by atoms with Gasteiger partial charge in [-0.25, -0.2) is 0 Å². The first-order chi connectivity index (χ1) is 13.6. The summed E-state index contributed by atoms with van der Waals surface area (Å²) in [6, 6.07) is 26.8. The van der Waals surface area contributed by atoms with E-state index in [-0.39, 0.29) is 12.2 Å². The van der Waals surface area contributed by atoms with Gasteiger partial charge in [0.2, 0.25) is 0 Å². The van der Waals surface area contributed by atoms with Crippen molar-refractivity contribution in [3.05, 3.63) is 102 Å². The van der Waals surface area contributed by atoms with Crippen molar-refractivity contribution in [3.63, 3.8) is 0 Å². The van der Waals surface area contributed by atoms with Crippen molar-refractivity contribution >= 4 is 23.5 Å². The molecule has 3 aromatic carbocycles. The molecule has 3 nitrogen and oxygen atoms in total. The number of thioether (sulfide) groups is 1. The topological polar surface area (TPSA) is 43.4 Å². The second-order valence-corrected chi connectivity index (χ2v) is 8.12. The lowest BCUT2D eigenvalue weighted by molar-refractivity contribution is -0.165. The number of benzene rings is 3. The van der Waals surface area contributed by atoms with Crippen LogP contribution in [0.1, 0.15) is 23.1 Å². The third-order valence-electron chi connectivity index (χ3n) is 4.93. The minimum atomic E-state index is -1.08. The summed E-state index contributed by atoms with van der Waals surface area (Å²) in [6.45, 7) is 1.99. The highest BCUT2D eigenvalue weighted by Crippen LogP contribution is 2.43. The molecule has 3 aromatic rings. The Morgan fingerprint density at radius 3 is 2.00 bits per heavy atom. The second kappa shape index (κ2) is 7.64. The van der Waals surface area contributed by atoms with Gasteiger partial charge in [-0.2, -0.15) is 0 Å². The Labute approximate surface area is 168 Å². The molecule has 4 heteroatoms. The molecule has 0 radical (unpaired) electrons. The van der Waals surface area contributed by atoms with E-state index in [2.05, 4.69) is 0 Å². The number of carbonyl (C=O) groups is 2. The molecule has 0 spiro atoms. The van der Waals surface area contributed by atoms with Gasteiger partial charge in [0.25, 0.3) is 0 Å². The first-order valence-corrected chi connectivity index (χ1v) is 10.1. The number of carbonyl (C=O) groups excluding carboxylic acids is 2. The second-order valence-electron chi connectivity index (χ2n) is 6.94. The lowest BCUT2D eigenvalue weighted by Crippen LogP contribution is -2.48. The van der Waals surface area contributed by atoms with Crippen molar-refractivity contribution in [2.45, 2.75) is 29.1 Å². The van der Waals surface area contributed by atoms with Gasteiger partial charge in [0.05, 0.1) is 6.42 Å². The molecular weight excluding hydrogens is 368 g/mol. The molecule has 0 N–H and O–H groups in total. The summed E-state index contributed by atoms with van der Waals surface area (Å²) < 4.78 is 6.05. The minimum Gasteiger partial charge on any atom is -0.448 e. The summed E-state index contributed by atoms with van der Waals surface area (Å²) in [5.74, 6) is -0.606. The standard InChI is InChI=1S/C24H20O3S/c1-17-9-8-14-20(15-17)28-22-21(25)16-24(27-23(22)26,18-10-4-2-5-11-18)19-12-6-3-7-13-19/h2-15,22H,16H2,1H3. The molecule has 28 heavy (non-hydrogen) atoms. The predicted octanol–water partition coefficient (Wildman–Crippen LogP) is 4.92. The number of ketones is 1. The highest BCUT2D eigenvalue weighted by molar-refractivity contribution is 8.01. The van der Waals surface area contributed by atoms with Gasteiger partial charge in [-0.1, -0.05) is 78.4 Å². The number of Topliss-reactive ketones (excluding diaryl/α,β-unsaturated/α-hetero) is 1. The zero-order valence-electron chi connectivity index (χ0n) is 15.5. The van der Waals surface area contributed by atoms with Crippen molar-refractivity contribution in [2.24, 2.45) is 0 Å². The Balaban J connectivity index is 1.70. The summed E-state index contributed by atoms with van der Waals surface area (Å²) in [4.78, 5) is 27.0. The summed E-state index contributed by atoms with van der Waals surface area (Å²) in [5.41, 5.74) is 1.62. The van der Waals surface area contributed by atoms with Gasteiger partial charge in [0, 0.05) is 16.0 Å². The van der Waals surface area contributed by atoms with Crippen molar-refractivity contribution in [2.75, 3.05) is 0 Å². The Bertz CT molecular complexity index is 939. The van der Waals surface area contributed by atoms with Gasteiger partial charge < -0.3 is 4.74 Å². The van der Waals surface area contributed by atoms with Crippen LogP contribution in [0.25, 0.3) is 0 Å². The summed E-state index contributed by atoms with van der Waals surface area (Å²) in [7, 11) is 0. The normalized spacial score (nSPS) is 18.5. The Morgan fingerprint density at radius 1 is 0.857 bits per heavy atom. The molecular formula is C24H20O3S. The van der Waals surface area contributed by atoms with E-state index in [9.17, 15) is 9.59 Å². The van der Waals surface area contributed by atoms with Gasteiger partial charge in [-0.3, -0.25) is 9.59 Å². The lowest BCUT2D eigenvalue weighted by atomic mass is 9.80. The van der Waals surface area contributed by atoms with Crippen LogP contribution in [-0.2, 0) is 19.9 Å². The van der Waals surface area contributed by atoms with Crippen molar-refractivity contribution in [1.82, 2.24) is 0 Å². The van der Waals surface area contributed by atoms with Crippen LogP contribution in [0.2, 0.25) is 0 Å². The maximum atomic E-state index is 13.1. The first kappa shape index (κ1) is 18.5. The summed E-state index contributed by atoms with van der Waals surface area (Å²) in [5, 5.41) is -0.845. The third-order valence-corrected chi connectivity index (χ3v) is 6.15. The maximum Gasteiger partial charge on any atom is 0.328 e. The smallest absolute Gasteiger partial charge is 0.328 e. The van der Waals surface area contributed by atoms with Crippen molar-refractivity contribution < 1.29 is 14.3 Å². The van der Waals surface area contributed by atoms with E-state index in [1.54, 1.807) is 0 Å². The van der Waals surface area contributed by atoms with E-state index in [4.69, 9.17) is 4.74 Å². The molecule has 1 aliphatic heterocycles. The van der Waals surface area contributed by atoms with Crippen LogP contribution in [-0.4, -0.2) is 17.0 Å². The molecule has 4 rings (SSSR count). The highest BCUT2D eigenvalue weighted by Gasteiger charge is 2.49. The molecule has 140 valence electrons. The van der Waals surface area contributed by atoms with Gasteiger partial charge in [0.15, 0.2) is 16.6 Å². The molecule has 0 bridgehead atoms. The SMILES string of the molecule is Cc1cccc(SC2C(=O)CC(c3ccccc3)(c3ccccc3)OC2=O)c1. The largest absolute Gasteiger partial charge is 0.448 e. The van der Waals surface area contributed by atoms with E-state index in [0.717, 1.165) is 21.6 Å². The number of ether oxygens (including phenoxy) is 1. The van der Waals surface area contributed by atoms with E-state index in [1.165, 1.54) is 11.8 Å². The molecule has 0 amide bonds. The molecule has 1 saturated heterocycles. The number of aryl methyl sites for hydroxylation is 1. The fraction of sp³-hybridized carbons (Fsp3) is 0.167. The van der Waals surface area contributed by atoms with Crippen LogP contribution >= 0.6 is 11.8 Å². The van der Waals surface area contributed by atoms with E-state index >= 15 is 0 Å². The van der Waals surface area contributed by atoms with Crippen LogP contribution in [0.4, 0.5) is 0 Å². The minimum absolute atomic E-state index is 0.115. The van der Waals surface area contributed by atoms with Crippen LogP contribution in [0.5, 0.6) is 0 Å². The van der Waals surface area contributed by atoms with Crippen LogP contribution < -0.4 is 0 Å². The first-order valence-electron chi connectivity index (χ1n) is 9.18. The molecule has 0 aliphatic carbocycles. The quantitative estimate of drug-likeness (QED) is 0.470. The van der Waals surface area contributed by atoms with E-state index in [1.807, 2.05) is 91.9 Å². The Hall–Kier alpha value is -2.85. The Morgan fingerprint density at radius 2 is 1.46 bits per heavy atom. The molecule has 0 aromatic heterocycles. The molecule has 1 atom stereocenters. The summed E-state index contributed by atoms with van der Waals surface area (Å²) >= 11 is 1.26.